The van der Waals surface area contributed by atoms with E-state index in [0.29, 0.717) is 18.7 Å². The highest BCUT2D eigenvalue weighted by molar-refractivity contribution is 5.93. The van der Waals surface area contributed by atoms with Crippen molar-refractivity contribution in [3.8, 4) is 0 Å². The van der Waals surface area contributed by atoms with E-state index in [1.165, 1.54) is 0 Å². The summed E-state index contributed by atoms with van der Waals surface area (Å²) >= 11 is 0. The van der Waals surface area contributed by atoms with E-state index in [9.17, 15) is 9.59 Å². The van der Waals surface area contributed by atoms with Gasteiger partial charge in [-0.15, -0.1) is 0 Å². The first-order chi connectivity index (χ1) is 9.61. The van der Waals surface area contributed by atoms with Crippen molar-refractivity contribution in [1.82, 2.24) is 4.98 Å². The molecule has 1 aromatic heterocycles. The molecule has 20 heavy (non-hydrogen) atoms. The van der Waals surface area contributed by atoms with E-state index in [2.05, 4.69) is 4.98 Å². The van der Waals surface area contributed by atoms with Gasteiger partial charge in [-0.1, -0.05) is 18.2 Å². The van der Waals surface area contributed by atoms with Crippen LogP contribution in [0, 0.1) is 0 Å². The zero-order valence-electron chi connectivity index (χ0n) is 11.5. The quantitative estimate of drug-likeness (QED) is 0.849. The van der Waals surface area contributed by atoms with Crippen LogP contribution in [-0.2, 0) is 9.47 Å². The van der Waals surface area contributed by atoms with Crippen molar-refractivity contribution in [2.75, 3.05) is 13.2 Å². The Kier molecular flexibility index (Phi) is 4.53. The van der Waals surface area contributed by atoms with Crippen LogP contribution in [0.5, 0.6) is 0 Å². The van der Waals surface area contributed by atoms with Crippen molar-refractivity contribution in [1.29, 1.82) is 0 Å². The molecular formula is C15H17NO4. The van der Waals surface area contributed by atoms with E-state index in [1.54, 1.807) is 19.1 Å². The second-order valence-electron chi connectivity index (χ2n) is 4.47. The molecule has 1 atom stereocenters. The van der Waals surface area contributed by atoms with Crippen LogP contribution in [0.2, 0.25) is 0 Å². The molecule has 1 N–H and O–H groups in total. The fraction of sp³-hybridized carbons (Fsp3) is 0.333. The summed E-state index contributed by atoms with van der Waals surface area (Å²) in [6.07, 6.45) is -0.395. The summed E-state index contributed by atoms with van der Waals surface area (Å²) in [5, 5.41) is 0.788. The minimum absolute atomic E-state index is 0.00653. The topological polar surface area (TPSA) is 68.4 Å². The molecular weight excluding hydrogens is 258 g/mol. The number of carbonyl (C=O) groups excluding carboxylic acids is 1. The molecule has 0 radical (unpaired) electrons. The number of ether oxygens (including phenoxy) is 2. The molecule has 2 aromatic rings. The first-order valence-electron chi connectivity index (χ1n) is 6.52. The lowest BCUT2D eigenvalue weighted by molar-refractivity contribution is 0.00425. The first-order valence-corrected chi connectivity index (χ1v) is 6.52. The number of para-hydroxylation sites is 1. The van der Waals surface area contributed by atoms with E-state index in [0.717, 1.165) is 5.39 Å². The highest BCUT2D eigenvalue weighted by atomic mass is 16.6. The number of benzene rings is 1. The van der Waals surface area contributed by atoms with Crippen LogP contribution in [-0.4, -0.2) is 30.3 Å². The highest BCUT2D eigenvalue weighted by Crippen LogP contribution is 2.11. The molecule has 0 aliphatic rings. The molecule has 0 fully saturated rings. The van der Waals surface area contributed by atoms with E-state index in [-0.39, 0.29) is 5.56 Å². The summed E-state index contributed by atoms with van der Waals surface area (Å²) in [5.74, 6) is -0.635. The Balaban J connectivity index is 2.21. The standard InChI is InChI=1S/C15H17NO4/c1-3-19-9-10(2)20-15(18)12-8-11-6-4-5-7-13(11)16-14(12)17/h4-8,10H,3,9H2,1-2H3,(H,16,17). The Morgan fingerprint density at radius 2 is 2.10 bits per heavy atom. The number of H-pyrrole nitrogens is 1. The number of esters is 1. The van der Waals surface area contributed by atoms with Gasteiger partial charge in [0.05, 0.1) is 6.61 Å². The largest absolute Gasteiger partial charge is 0.456 e. The predicted octanol–water partition coefficient (Wildman–Crippen LogP) is 2.11. The average molecular weight is 275 g/mol. The molecule has 0 amide bonds. The normalized spacial score (nSPS) is 12.3. The zero-order valence-corrected chi connectivity index (χ0v) is 11.5. The van der Waals surface area contributed by atoms with Gasteiger partial charge in [-0.05, 0) is 31.4 Å². The molecule has 1 heterocycles. The molecule has 0 spiro atoms. The number of carbonyl (C=O) groups is 1. The van der Waals surface area contributed by atoms with Gasteiger partial charge in [0.15, 0.2) is 0 Å². The van der Waals surface area contributed by atoms with E-state index < -0.39 is 17.6 Å². The van der Waals surface area contributed by atoms with E-state index in [1.807, 2.05) is 25.1 Å². The number of aromatic nitrogens is 1. The third-order valence-corrected chi connectivity index (χ3v) is 2.84. The van der Waals surface area contributed by atoms with Crippen LogP contribution in [0.15, 0.2) is 35.1 Å². The lowest BCUT2D eigenvalue weighted by atomic mass is 10.1. The summed E-state index contributed by atoms with van der Waals surface area (Å²) in [6.45, 7) is 4.46. The molecule has 0 aliphatic heterocycles. The lowest BCUT2D eigenvalue weighted by Gasteiger charge is -2.12. The fourth-order valence-electron chi connectivity index (χ4n) is 1.86. The molecule has 0 aliphatic carbocycles. The molecule has 2 rings (SSSR count). The summed E-state index contributed by atoms with van der Waals surface area (Å²) < 4.78 is 10.4. The number of rotatable bonds is 5. The number of hydrogen-bond acceptors (Lipinski definition) is 4. The van der Waals surface area contributed by atoms with Gasteiger partial charge in [0, 0.05) is 12.1 Å². The van der Waals surface area contributed by atoms with Gasteiger partial charge in [0.1, 0.15) is 11.7 Å². The number of aromatic amines is 1. The van der Waals surface area contributed by atoms with Gasteiger partial charge in [-0.3, -0.25) is 4.79 Å². The van der Waals surface area contributed by atoms with Crippen molar-refractivity contribution in [3.05, 3.63) is 46.2 Å². The molecule has 1 aromatic carbocycles. The average Bonchev–Trinajstić information content (AvgIpc) is 2.44. The van der Waals surface area contributed by atoms with E-state index >= 15 is 0 Å². The molecule has 5 heteroatoms. The minimum atomic E-state index is -0.635. The van der Waals surface area contributed by atoms with Gasteiger partial charge < -0.3 is 14.5 Å². The van der Waals surface area contributed by atoms with Crippen LogP contribution in [0.1, 0.15) is 24.2 Å². The summed E-state index contributed by atoms with van der Waals surface area (Å²) in [6, 6.07) is 8.81. The van der Waals surface area contributed by atoms with Gasteiger partial charge >= 0.3 is 5.97 Å². The van der Waals surface area contributed by atoms with Gasteiger partial charge in [0.25, 0.3) is 5.56 Å². The number of hydrogen-bond donors (Lipinski definition) is 1. The van der Waals surface area contributed by atoms with Gasteiger partial charge in [0.2, 0.25) is 0 Å². The van der Waals surface area contributed by atoms with Crippen LogP contribution in [0.3, 0.4) is 0 Å². The summed E-state index contributed by atoms with van der Waals surface area (Å²) in [4.78, 5) is 26.5. The zero-order chi connectivity index (χ0) is 14.5. The van der Waals surface area contributed by atoms with Gasteiger partial charge in [-0.2, -0.15) is 0 Å². The van der Waals surface area contributed by atoms with Crippen molar-refractivity contribution in [3.63, 3.8) is 0 Å². The Hall–Kier alpha value is -2.14. The van der Waals surface area contributed by atoms with Crippen molar-refractivity contribution < 1.29 is 14.3 Å². The van der Waals surface area contributed by atoms with Crippen molar-refractivity contribution in [2.24, 2.45) is 0 Å². The Morgan fingerprint density at radius 1 is 1.35 bits per heavy atom. The monoisotopic (exact) mass is 275 g/mol. The highest BCUT2D eigenvalue weighted by Gasteiger charge is 2.16. The van der Waals surface area contributed by atoms with Crippen molar-refractivity contribution >= 4 is 16.9 Å². The second-order valence-corrected chi connectivity index (χ2v) is 4.47. The van der Waals surface area contributed by atoms with Crippen molar-refractivity contribution in [2.45, 2.75) is 20.0 Å². The third-order valence-electron chi connectivity index (χ3n) is 2.84. The predicted molar refractivity (Wildman–Crippen MR) is 75.9 cm³/mol. The lowest BCUT2D eigenvalue weighted by Crippen LogP contribution is -2.25. The Labute approximate surface area is 116 Å². The Morgan fingerprint density at radius 3 is 2.85 bits per heavy atom. The summed E-state index contributed by atoms with van der Waals surface area (Å²) in [5.41, 5.74) is 0.251. The number of nitrogens with one attached hydrogen (secondary N) is 1. The number of pyridine rings is 1. The van der Waals surface area contributed by atoms with Gasteiger partial charge in [-0.25, -0.2) is 4.79 Å². The van der Waals surface area contributed by atoms with Crippen LogP contribution >= 0.6 is 0 Å². The third kappa shape index (κ3) is 3.24. The Bertz CT molecular complexity index is 662. The maximum Gasteiger partial charge on any atom is 0.344 e. The molecule has 1 unspecified atom stereocenters. The molecule has 0 bridgehead atoms. The maximum absolute atomic E-state index is 12.0. The molecule has 0 saturated heterocycles. The first kappa shape index (κ1) is 14.3. The van der Waals surface area contributed by atoms with E-state index in [4.69, 9.17) is 9.47 Å². The fourth-order valence-corrected chi connectivity index (χ4v) is 1.86. The minimum Gasteiger partial charge on any atom is -0.456 e. The smallest absolute Gasteiger partial charge is 0.344 e. The van der Waals surface area contributed by atoms with Crippen LogP contribution in [0.25, 0.3) is 10.9 Å². The SMILES string of the molecule is CCOCC(C)OC(=O)c1cc2ccccc2[nH]c1=O. The number of fused-ring (bicyclic) bond motifs is 1. The molecule has 0 saturated carbocycles. The molecule has 5 nitrogen and oxygen atoms in total. The van der Waals surface area contributed by atoms with Crippen LogP contribution < -0.4 is 5.56 Å². The maximum atomic E-state index is 12.0. The van der Waals surface area contributed by atoms with Crippen LogP contribution in [0.4, 0.5) is 0 Å². The summed E-state index contributed by atoms with van der Waals surface area (Å²) in [7, 11) is 0. The second kappa shape index (κ2) is 6.34. The molecule has 106 valence electrons.